The second-order valence-corrected chi connectivity index (χ2v) is 9.92. The minimum Gasteiger partial charge on any atom is -0.352 e. The van der Waals surface area contributed by atoms with Crippen LogP contribution in [0, 0.1) is 12.7 Å². The van der Waals surface area contributed by atoms with Gasteiger partial charge in [0.1, 0.15) is 11.5 Å². The highest BCUT2D eigenvalue weighted by Gasteiger charge is 2.31. The minimum atomic E-state index is -0.239. The first-order valence-electron chi connectivity index (χ1n) is 12.6. The van der Waals surface area contributed by atoms with Gasteiger partial charge in [0.05, 0.1) is 5.52 Å². The quantitative estimate of drug-likeness (QED) is 0.452. The van der Waals surface area contributed by atoms with Crippen molar-refractivity contribution in [2.45, 2.75) is 32.2 Å². The Hall–Kier alpha value is -3.39. The molecule has 4 heterocycles. The van der Waals surface area contributed by atoms with Gasteiger partial charge in [0.25, 0.3) is 5.91 Å². The summed E-state index contributed by atoms with van der Waals surface area (Å²) in [4.78, 5) is 23.4. The SMILES string of the molecule is Cc1ccc2cc(C(=O)N3CCC[C@H]3CCN3CCN(c4n[nH]c5ccc(F)cc45)CC3)[nH]c2c1. The van der Waals surface area contributed by atoms with Gasteiger partial charge in [0, 0.05) is 61.6 Å². The number of halogens is 1. The van der Waals surface area contributed by atoms with E-state index in [1.165, 1.54) is 11.6 Å². The molecule has 7 nitrogen and oxygen atoms in total. The first-order valence-corrected chi connectivity index (χ1v) is 12.6. The molecule has 2 aromatic heterocycles. The highest BCUT2D eigenvalue weighted by molar-refractivity contribution is 5.98. The van der Waals surface area contributed by atoms with Gasteiger partial charge in [-0.15, -0.1) is 0 Å². The largest absolute Gasteiger partial charge is 0.352 e. The Labute approximate surface area is 203 Å². The number of aromatic amines is 2. The predicted octanol–water partition coefficient (Wildman–Crippen LogP) is 4.31. The van der Waals surface area contributed by atoms with E-state index >= 15 is 0 Å². The summed E-state index contributed by atoms with van der Waals surface area (Å²) < 4.78 is 13.7. The van der Waals surface area contributed by atoms with Crippen molar-refractivity contribution >= 4 is 33.5 Å². The Morgan fingerprint density at radius 2 is 1.91 bits per heavy atom. The lowest BCUT2D eigenvalue weighted by Gasteiger charge is -2.36. The number of benzene rings is 2. The van der Waals surface area contributed by atoms with E-state index in [2.05, 4.69) is 55.0 Å². The highest BCUT2D eigenvalue weighted by Crippen LogP contribution is 2.27. The summed E-state index contributed by atoms with van der Waals surface area (Å²) in [6.07, 6.45) is 3.11. The van der Waals surface area contributed by atoms with E-state index in [-0.39, 0.29) is 17.8 Å². The van der Waals surface area contributed by atoms with Crippen LogP contribution in [-0.2, 0) is 0 Å². The Morgan fingerprint density at radius 1 is 1.06 bits per heavy atom. The fraction of sp³-hybridized carbons (Fsp3) is 0.407. The van der Waals surface area contributed by atoms with Crippen molar-refractivity contribution in [3.05, 3.63) is 59.5 Å². The number of hydrogen-bond donors (Lipinski definition) is 2. The van der Waals surface area contributed by atoms with Gasteiger partial charge < -0.3 is 14.8 Å². The fourth-order valence-corrected chi connectivity index (χ4v) is 5.64. The molecule has 2 aromatic carbocycles. The van der Waals surface area contributed by atoms with Crippen molar-refractivity contribution in [3.8, 4) is 0 Å². The van der Waals surface area contributed by atoms with E-state index in [0.717, 1.165) is 86.2 Å². The average molecular weight is 475 g/mol. The monoisotopic (exact) mass is 474 g/mol. The van der Waals surface area contributed by atoms with Crippen molar-refractivity contribution < 1.29 is 9.18 Å². The van der Waals surface area contributed by atoms with Gasteiger partial charge in [-0.25, -0.2) is 4.39 Å². The Morgan fingerprint density at radius 3 is 2.77 bits per heavy atom. The second-order valence-electron chi connectivity index (χ2n) is 9.92. The van der Waals surface area contributed by atoms with E-state index in [9.17, 15) is 9.18 Å². The van der Waals surface area contributed by atoms with Gasteiger partial charge in [-0.2, -0.15) is 5.10 Å². The number of amides is 1. The molecule has 8 heteroatoms. The molecule has 1 amide bonds. The van der Waals surface area contributed by atoms with Crippen molar-refractivity contribution in [3.63, 3.8) is 0 Å². The molecular formula is C27H31FN6O. The topological polar surface area (TPSA) is 71.3 Å². The lowest BCUT2D eigenvalue weighted by molar-refractivity contribution is 0.0715. The number of piperazine rings is 1. The zero-order valence-electron chi connectivity index (χ0n) is 20.1. The predicted molar refractivity (Wildman–Crippen MR) is 136 cm³/mol. The third-order valence-corrected chi connectivity index (χ3v) is 7.60. The third kappa shape index (κ3) is 4.27. The Bertz CT molecular complexity index is 1370. The zero-order chi connectivity index (χ0) is 23.9. The van der Waals surface area contributed by atoms with E-state index in [1.807, 2.05) is 6.07 Å². The normalized spacial score (nSPS) is 19.3. The Kier molecular flexibility index (Phi) is 5.68. The molecule has 0 spiro atoms. The molecule has 2 N–H and O–H groups in total. The van der Waals surface area contributed by atoms with Gasteiger partial charge in [-0.3, -0.25) is 14.8 Å². The lowest BCUT2D eigenvalue weighted by atomic mass is 10.1. The van der Waals surface area contributed by atoms with Crippen molar-refractivity contribution in [1.29, 1.82) is 0 Å². The Balaban J connectivity index is 1.06. The summed E-state index contributed by atoms with van der Waals surface area (Å²) in [6.45, 7) is 7.46. The molecule has 2 aliphatic rings. The number of nitrogens with zero attached hydrogens (tertiary/aromatic N) is 4. The number of aromatic nitrogens is 3. The number of carbonyl (C=O) groups excluding carboxylic acids is 1. The summed E-state index contributed by atoms with van der Waals surface area (Å²) in [5.41, 5.74) is 3.76. The van der Waals surface area contributed by atoms with Gasteiger partial charge in [0.15, 0.2) is 5.82 Å². The molecule has 0 unspecified atom stereocenters. The van der Waals surface area contributed by atoms with Gasteiger partial charge in [-0.05, 0) is 62.1 Å². The van der Waals surface area contributed by atoms with Crippen molar-refractivity contribution in [2.24, 2.45) is 0 Å². The number of hydrogen-bond acceptors (Lipinski definition) is 4. The highest BCUT2D eigenvalue weighted by atomic mass is 19.1. The van der Waals surface area contributed by atoms with Crippen LogP contribution >= 0.6 is 0 Å². The van der Waals surface area contributed by atoms with E-state index in [4.69, 9.17) is 0 Å². The van der Waals surface area contributed by atoms with Crippen molar-refractivity contribution in [1.82, 2.24) is 25.0 Å². The van der Waals surface area contributed by atoms with Crippen LogP contribution in [0.15, 0.2) is 42.5 Å². The summed E-state index contributed by atoms with van der Waals surface area (Å²) in [5.74, 6) is 0.709. The first kappa shape index (κ1) is 22.1. The zero-order valence-corrected chi connectivity index (χ0v) is 20.1. The van der Waals surface area contributed by atoms with Crippen LogP contribution in [0.4, 0.5) is 10.2 Å². The fourth-order valence-electron chi connectivity index (χ4n) is 5.64. The maximum atomic E-state index is 13.7. The van der Waals surface area contributed by atoms with Crippen LogP contribution in [0.1, 0.15) is 35.3 Å². The van der Waals surface area contributed by atoms with Crippen LogP contribution in [0.2, 0.25) is 0 Å². The molecule has 35 heavy (non-hydrogen) atoms. The molecule has 0 aliphatic carbocycles. The smallest absolute Gasteiger partial charge is 0.270 e. The van der Waals surface area contributed by atoms with Crippen LogP contribution in [0.3, 0.4) is 0 Å². The maximum Gasteiger partial charge on any atom is 0.270 e. The molecule has 0 bridgehead atoms. The number of anilines is 1. The molecule has 2 fully saturated rings. The van der Waals surface area contributed by atoms with E-state index < -0.39 is 0 Å². The molecule has 0 radical (unpaired) electrons. The number of rotatable bonds is 5. The standard InChI is InChI=1S/C27H31FN6O/c1-18-4-5-19-16-25(29-24(19)15-18)27(35)34-9-2-3-21(34)8-10-32-11-13-33(14-12-32)26-22-17-20(28)6-7-23(22)30-31-26/h4-7,15-17,21,29H,2-3,8-14H2,1H3,(H,30,31)/t21-/m0/s1. The average Bonchev–Trinajstić information content (AvgIpc) is 3.60. The summed E-state index contributed by atoms with van der Waals surface area (Å²) in [6, 6.07) is 13.3. The van der Waals surface area contributed by atoms with Gasteiger partial charge in [0.2, 0.25) is 0 Å². The lowest BCUT2D eigenvalue weighted by Crippen LogP contribution is -2.48. The van der Waals surface area contributed by atoms with Gasteiger partial charge >= 0.3 is 0 Å². The summed E-state index contributed by atoms with van der Waals surface area (Å²) in [5, 5.41) is 9.38. The first-order chi connectivity index (χ1) is 17.0. The number of H-pyrrole nitrogens is 2. The minimum absolute atomic E-state index is 0.115. The molecule has 4 aromatic rings. The molecule has 0 saturated carbocycles. The molecule has 2 saturated heterocycles. The number of carbonyl (C=O) groups is 1. The molecule has 2 aliphatic heterocycles. The molecular weight excluding hydrogens is 443 g/mol. The molecule has 1 atom stereocenters. The summed E-state index contributed by atoms with van der Waals surface area (Å²) >= 11 is 0. The third-order valence-electron chi connectivity index (χ3n) is 7.60. The molecule has 6 rings (SSSR count). The van der Waals surface area contributed by atoms with Crippen LogP contribution < -0.4 is 4.90 Å². The van der Waals surface area contributed by atoms with Crippen molar-refractivity contribution in [2.75, 3.05) is 44.2 Å². The molecule has 182 valence electrons. The van der Waals surface area contributed by atoms with Crippen LogP contribution in [-0.4, -0.2) is 76.2 Å². The number of aryl methyl sites for hydroxylation is 1. The van der Waals surface area contributed by atoms with E-state index in [0.29, 0.717) is 5.69 Å². The van der Waals surface area contributed by atoms with Crippen LogP contribution in [0.5, 0.6) is 0 Å². The second kappa shape index (κ2) is 9.00. The van der Waals surface area contributed by atoms with E-state index in [1.54, 1.807) is 12.1 Å². The number of likely N-dealkylation sites (tertiary alicyclic amines) is 1. The number of nitrogens with one attached hydrogen (secondary N) is 2. The summed E-state index contributed by atoms with van der Waals surface area (Å²) in [7, 11) is 0. The maximum absolute atomic E-state index is 13.7. The van der Waals surface area contributed by atoms with Crippen LogP contribution in [0.25, 0.3) is 21.8 Å². The number of fused-ring (bicyclic) bond motifs is 2. The van der Waals surface area contributed by atoms with Gasteiger partial charge in [-0.1, -0.05) is 12.1 Å².